The van der Waals surface area contributed by atoms with E-state index < -0.39 is 0 Å². The van der Waals surface area contributed by atoms with Gasteiger partial charge < -0.3 is 9.88 Å². The van der Waals surface area contributed by atoms with Gasteiger partial charge in [-0.3, -0.25) is 9.48 Å². The van der Waals surface area contributed by atoms with Crippen molar-refractivity contribution in [3.63, 3.8) is 0 Å². The fraction of sp³-hybridized carbons (Fsp3) is 0.368. The summed E-state index contributed by atoms with van der Waals surface area (Å²) in [6.07, 6.45) is 4.65. The highest BCUT2D eigenvalue weighted by Gasteiger charge is 2.20. The number of carbonyl (C=O) groups excluding carboxylic acids is 1. The summed E-state index contributed by atoms with van der Waals surface area (Å²) in [6, 6.07) is 8.39. The average Bonchev–Trinajstić information content (AvgIpc) is 3.18. The molecule has 0 spiro atoms. The molecule has 0 aliphatic carbocycles. The van der Waals surface area contributed by atoms with Gasteiger partial charge >= 0.3 is 0 Å². The van der Waals surface area contributed by atoms with Crippen molar-refractivity contribution in [1.82, 2.24) is 19.7 Å². The fourth-order valence-corrected chi connectivity index (χ4v) is 3.03. The summed E-state index contributed by atoms with van der Waals surface area (Å²) < 4.78 is 1.91. The number of nitrogens with one attached hydrogen (secondary N) is 1. The Labute approximate surface area is 142 Å². The number of nitrogens with zero attached hydrogens (tertiary/aromatic N) is 3. The van der Waals surface area contributed by atoms with Crippen LogP contribution in [0.25, 0.3) is 10.9 Å². The topological polar surface area (TPSA) is 53.9 Å². The molecule has 2 heterocycles. The van der Waals surface area contributed by atoms with Gasteiger partial charge in [-0.1, -0.05) is 25.1 Å². The number of H-pyrrole nitrogens is 1. The molecule has 0 saturated heterocycles. The van der Waals surface area contributed by atoms with Crippen LogP contribution in [0.3, 0.4) is 0 Å². The molecule has 0 atom stereocenters. The number of carbonyl (C=O) groups is 1. The van der Waals surface area contributed by atoms with Crippen LogP contribution in [0.15, 0.2) is 36.7 Å². The molecular weight excluding hydrogens is 300 g/mol. The Balaban J connectivity index is 1.85. The monoisotopic (exact) mass is 324 g/mol. The molecule has 1 amide bonds. The molecule has 0 saturated carbocycles. The van der Waals surface area contributed by atoms with Crippen LogP contribution in [-0.2, 0) is 13.0 Å². The molecule has 0 aliphatic heterocycles. The van der Waals surface area contributed by atoms with E-state index in [0.29, 0.717) is 18.3 Å². The minimum atomic E-state index is 0.0142. The van der Waals surface area contributed by atoms with Crippen LogP contribution in [-0.4, -0.2) is 32.6 Å². The SMILES string of the molecule is CCc1c(C(=O)N(C)Cc2cnn(C(C)C)c2)[nH]c2ccccc12. The molecule has 24 heavy (non-hydrogen) atoms. The normalized spacial score (nSPS) is 11.4. The lowest BCUT2D eigenvalue weighted by Crippen LogP contribution is -2.27. The number of amides is 1. The Morgan fingerprint density at radius 2 is 2.08 bits per heavy atom. The van der Waals surface area contributed by atoms with Crippen LogP contribution in [0.1, 0.15) is 48.4 Å². The van der Waals surface area contributed by atoms with Crippen molar-refractivity contribution in [2.45, 2.75) is 39.8 Å². The number of rotatable bonds is 5. The Kier molecular flexibility index (Phi) is 4.42. The van der Waals surface area contributed by atoms with Gasteiger partial charge in [-0.05, 0) is 31.9 Å². The van der Waals surface area contributed by atoms with E-state index in [0.717, 1.165) is 28.5 Å². The zero-order chi connectivity index (χ0) is 17.3. The van der Waals surface area contributed by atoms with Gasteiger partial charge in [0.15, 0.2) is 0 Å². The van der Waals surface area contributed by atoms with Gasteiger partial charge in [0.25, 0.3) is 5.91 Å². The molecule has 0 unspecified atom stereocenters. The number of fused-ring (bicyclic) bond motifs is 1. The lowest BCUT2D eigenvalue weighted by molar-refractivity contribution is 0.0779. The highest BCUT2D eigenvalue weighted by atomic mass is 16.2. The summed E-state index contributed by atoms with van der Waals surface area (Å²) >= 11 is 0. The van der Waals surface area contributed by atoms with Crippen LogP contribution in [0, 0.1) is 0 Å². The van der Waals surface area contributed by atoms with Crippen molar-refractivity contribution in [2.24, 2.45) is 0 Å². The second-order valence-electron chi connectivity index (χ2n) is 6.46. The Morgan fingerprint density at radius 1 is 1.33 bits per heavy atom. The highest BCUT2D eigenvalue weighted by molar-refractivity contribution is 6.00. The van der Waals surface area contributed by atoms with Gasteiger partial charge in [-0.15, -0.1) is 0 Å². The second-order valence-corrected chi connectivity index (χ2v) is 6.46. The maximum absolute atomic E-state index is 12.9. The van der Waals surface area contributed by atoms with E-state index in [1.807, 2.05) is 42.3 Å². The number of aryl methyl sites for hydroxylation is 1. The van der Waals surface area contributed by atoms with E-state index in [9.17, 15) is 4.79 Å². The molecule has 0 bridgehead atoms. The summed E-state index contributed by atoms with van der Waals surface area (Å²) in [5, 5.41) is 5.47. The van der Waals surface area contributed by atoms with Gasteiger partial charge in [-0.2, -0.15) is 5.10 Å². The predicted molar refractivity (Wildman–Crippen MR) is 96.1 cm³/mol. The summed E-state index contributed by atoms with van der Waals surface area (Å²) in [7, 11) is 1.83. The summed E-state index contributed by atoms with van der Waals surface area (Å²) in [5.41, 5.74) is 3.82. The number of aromatic amines is 1. The summed E-state index contributed by atoms with van der Waals surface area (Å²) in [6.45, 7) is 6.80. The Bertz CT molecular complexity index is 859. The van der Waals surface area contributed by atoms with Crippen LogP contribution in [0.5, 0.6) is 0 Å². The first-order valence-electron chi connectivity index (χ1n) is 8.39. The van der Waals surface area contributed by atoms with E-state index in [1.165, 1.54) is 0 Å². The zero-order valence-corrected chi connectivity index (χ0v) is 14.7. The van der Waals surface area contributed by atoms with Gasteiger partial charge in [0, 0.05) is 42.3 Å². The molecule has 1 aromatic carbocycles. The van der Waals surface area contributed by atoms with Gasteiger partial charge in [0.05, 0.1) is 6.20 Å². The van der Waals surface area contributed by atoms with Crippen LogP contribution < -0.4 is 0 Å². The second kappa shape index (κ2) is 6.51. The minimum Gasteiger partial charge on any atom is -0.350 e. The molecule has 3 aromatic rings. The third kappa shape index (κ3) is 2.94. The van der Waals surface area contributed by atoms with E-state index in [-0.39, 0.29) is 5.91 Å². The van der Waals surface area contributed by atoms with Crippen molar-refractivity contribution in [3.8, 4) is 0 Å². The zero-order valence-electron chi connectivity index (χ0n) is 14.7. The van der Waals surface area contributed by atoms with Gasteiger partial charge in [0.1, 0.15) is 5.69 Å². The fourth-order valence-electron chi connectivity index (χ4n) is 3.03. The molecule has 0 aliphatic rings. The van der Waals surface area contributed by atoms with Gasteiger partial charge in [-0.25, -0.2) is 0 Å². The van der Waals surface area contributed by atoms with Crippen molar-refractivity contribution in [2.75, 3.05) is 7.05 Å². The van der Waals surface area contributed by atoms with Crippen molar-refractivity contribution >= 4 is 16.8 Å². The summed E-state index contributed by atoms with van der Waals surface area (Å²) in [4.78, 5) is 17.9. The standard InChI is InChI=1S/C19H24N4O/c1-5-15-16-8-6-7-9-17(16)21-18(15)19(24)22(4)11-14-10-20-23(12-14)13(2)3/h6-10,12-13,21H,5,11H2,1-4H3. The highest BCUT2D eigenvalue weighted by Crippen LogP contribution is 2.24. The first-order chi connectivity index (χ1) is 11.5. The quantitative estimate of drug-likeness (QED) is 0.776. The lowest BCUT2D eigenvalue weighted by Gasteiger charge is -2.16. The van der Waals surface area contributed by atoms with E-state index >= 15 is 0 Å². The maximum atomic E-state index is 12.9. The number of benzene rings is 1. The molecule has 3 rings (SSSR count). The molecule has 126 valence electrons. The average molecular weight is 324 g/mol. The number of aromatic nitrogens is 3. The third-order valence-electron chi connectivity index (χ3n) is 4.33. The number of hydrogen-bond acceptors (Lipinski definition) is 2. The molecule has 0 fully saturated rings. The largest absolute Gasteiger partial charge is 0.350 e. The third-order valence-corrected chi connectivity index (χ3v) is 4.33. The van der Waals surface area contributed by atoms with E-state index in [4.69, 9.17) is 0 Å². The molecular formula is C19H24N4O. The lowest BCUT2D eigenvalue weighted by atomic mass is 10.1. The number of hydrogen-bond donors (Lipinski definition) is 1. The van der Waals surface area contributed by atoms with Crippen molar-refractivity contribution < 1.29 is 4.79 Å². The van der Waals surface area contributed by atoms with Crippen molar-refractivity contribution in [3.05, 3.63) is 53.5 Å². The smallest absolute Gasteiger partial charge is 0.270 e. The minimum absolute atomic E-state index is 0.0142. The first-order valence-corrected chi connectivity index (χ1v) is 8.39. The Morgan fingerprint density at radius 3 is 2.75 bits per heavy atom. The van der Waals surface area contributed by atoms with Crippen molar-refractivity contribution in [1.29, 1.82) is 0 Å². The number of para-hydroxylation sites is 1. The molecule has 5 heteroatoms. The summed E-state index contributed by atoms with van der Waals surface area (Å²) in [5.74, 6) is 0.0142. The molecule has 5 nitrogen and oxygen atoms in total. The maximum Gasteiger partial charge on any atom is 0.270 e. The van der Waals surface area contributed by atoms with Crippen LogP contribution >= 0.6 is 0 Å². The van der Waals surface area contributed by atoms with Crippen LogP contribution in [0.2, 0.25) is 0 Å². The Hall–Kier alpha value is -2.56. The predicted octanol–water partition coefficient (Wildman–Crippen LogP) is 3.78. The molecule has 0 radical (unpaired) electrons. The molecule has 2 aromatic heterocycles. The van der Waals surface area contributed by atoms with Gasteiger partial charge in [0.2, 0.25) is 0 Å². The van der Waals surface area contributed by atoms with E-state index in [1.54, 1.807) is 4.90 Å². The van der Waals surface area contributed by atoms with E-state index in [2.05, 4.69) is 36.9 Å². The van der Waals surface area contributed by atoms with Crippen LogP contribution in [0.4, 0.5) is 0 Å². The first kappa shape index (κ1) is 16.3. The molecule has 1 N–H and O–H groups in total.